The van der Waals surface area contributed by atoms with Crippen molar-refractivity contribution in [3.8, 4) is 0 Å². The van der Waals surface area contributed by atoms with Crippen molar-refractivity contribution in [3.63, 3.8) is 0 Å². The first-order valence-corrected chi connectivity index (χ1v) is 5.53. The van der Waals surface area contributed by atoms with Crippen LogP contribution in [-0.4, -0.2) is 27.5 Å². The smallest absolute Gasteiger partial charge is 0.303 e. The standard InChI is InChI=1S/C12H16N2O4/c1-12(2,5-3-10(16)17)14-11(18)8-7-13-6-4-9(8)15/h4,6-7H,3,5H2,1-2H3,(H,13,15)(H,14,18)(H,16,17). The summed E-state index contributed by atoms with van der Waals surface area (Å²) in [7, 11) is 0. The maximum atomic E-state index is 11.8. The molecule has 0 aliphatic heterocycles. The van der Waals surface area contributed by atoms with E-state index in [-0.39, 0.29) is 17.4 Å². The molecular weight excluding hydrogens is 236 g/mol. The summed E-state index contributed by atoms with van der Waals surface area (Å²) in [6, 6.07) is 1.26. The Bertz CT molecular complexity index is 505. The first kappa shape index (κ1) is 14.0. The quantitative estimate of drug-likeness (QED) is 0.720. The number of carbonyl (C=O) groups is 2. The van der Waals surface area contributed by atoms with Crippen molar-refractivity contribution < 1.29 is 14.7 Å². The van der Waals surface area contributed by atoms with Crippen LogP contribution in [0.5, 0.6) is 0 Å². The Labute approximate surface area is 104 Å². The lowest BCUT2D eigenvalue weighted by atomic mass is 9.98. The number of pyridine rings is 1. The normalized spacial score (nSPS) is 11.0. The number of carbonyl (C=O) groups excluding carboxylic acids is 1. The van der Waals surface area contributed by atoms with E-state index < -0.39 is 17.4 Å². The number of amides is 1. The number of aromatic nitrogens is 1. The average Bonchev–Trinajstić information content (AvgIpc) is 2.26. The van der Waals surface area contributed by atoms with Crippen molar-refractivity contribution in [1.82, 2.24) is 10.3 Å². The van der Waals surface area contributed by atoms with E-state index in [1.165, 1.54) is 18.5 Å². The molecule has 98 valence electrons. The highest BCUT2D eigenvalue weighted by molar-refractivity contribution is 5.94. The van der Waals surface area contributed by atoms with E-state index in [9.17, 15) is 14.4 Å². The second-order valence-corrected chi connectivity index (χ2v) is 4.65. The van der Waals surface area contributed by atoms with E-state index in [0.717, 1.165) is 0 Å². The fraction of sp³-hybridized carbons (Fsp3) is 0.417. The van der Waals surface area contributed by atoms with Gasteiger partial charge in [-0.1, -0.05) is 0 Å². The molecule has 0 aliphatic carbocycles. The lowest BCUT2D eigenvalue weighted by Gasteiger charge is -2.25. The van der Waals surface area contributed by atoms with E-state index in [4.69, 9.17) is 5.11 Å². The van der Waals surface area contributed by atoms with Gasteiger partial charge in [-0.2, -0.15) is 0 Å². The Balaban J connectivity index is 2.73. The molecule has 1 aromatic heterocycles. The van der Waals surface area contributed by atoms with Gasteiger partial charge in [-0.15, -0.1) is 0 Å². The third-order valence-electron chi connectivity index (χ3n) is 2.48. The van der Waals surface area contributed by atoms with Crippen LogP contribution < -0.4 is 10.7 Å². The SMILES string of the molecule is CC(C)(CCC(=O)O)NC(=O)c1c[nH]ccc1=O. The molecule has 0 saturated carbocycles. The molecule has 6 nitrogen and oxygen atoms in total. The van der Waals surface area contributed by atoms with Crippen molar-refractivity contribution in [3.05, 3.63) is 34.2 Å². The topological polar surface area (TPSA) is 99.3 Å². The van der Waals surface area contributed by atoms with E-state index in [2.05, 4.69) is 10.3 Å². The molecule has 1 heterocycles. The number of aliphatic carboxylic acids is 1. The van der Waals surface area contributed by atoms with Crippen LogP contribution in [0.15, 0.2) is 23.3 Å². The minimum atomic E-state index is -0.921. The molecular formula is C12H16N2O4. The number of H-pyrrole nitrogens is 1. The zero-order valence-corrected chi connectivity index (χ0v) is 10.3. The van der Waals surface area contributed by atoms with Crippen molar-refractivity contribution in [1.29, 1.82) is 0 Å². The zero-order valence-electron chi connectivity index (χ0n) is 10.3. The molecule has 6 heteroatoms. The molecule has 0 bridgehead atoms. The highest BCUT2D eigenvalue weighted by Crippen LogP contribution is 2.11. The van der Waals surface area contributed by atoms with Crippen LogP contribution in [-0.2, 0) is 4.79 Å². The molecule has 18 heavy (non-hydrogen) atoms. The number of carboxylic acid groups (broad SMARTS) is 1. The van der Waals surface area contributed by atoms with Crippen LogP contribution in [0.4, 0.5) is 0 Å². The Hall–Kier alpha value is -2.11. The van der Waals surface area contributed by atoms with Gasteiger partial charge >= 0.3 is 5.97 Å². The van der Waals surface area contributed by atoms with Crippen molar-refractivity contribution >= 4 is 11.9 Å². The molecule has 1 rings (SSSR count). The summed E-state index contributed by atoms with van der Waals surface area (Å²) in [4.78, 5) is 36.4. The molecule has 0 unspecified atom stereocenters. The van der Waals surface area contributed by atoms with Gasteiger partial charge in [-0.3, -0.25) is 14.4 Å². The van der Waals surface area contributed by atoms with E-state index in [0.29, 0.717) is 6.42 Å². The zero-order chi connectivity index (χ0) is 13.8. The van der Waals surface area contributed by atoms with Gasteiger partial charge in [0.05, 0.1) is 0 Å². The van der Waals surface area contributed by atoms with Crippen LogP contribution >= 0.6 is 0 Å². The van der Waals surface area contributed by atoms with E-state index >= 15 is 0 Å². The molecule has 0 radical (unpaired) electrons. The number of nitrogens with one attached hydrogen (secondary N) is 2. The number of rotatable bonds is 5. The summed E-state index contributed by atoms with van der Waals surface area (Å²) in [6.07, 6.45) is 3.01. The highest BCUT2D eigenvalue weighted by Gasteiger charge is 2.23. The van der Waals surface area contributed by atoms with Gasteiger partial charge in [-0.25, -0.2) is 0 Å². The summed E-state index contributed by atoms with van der Waals surface area (Å²) in [6.45, 7) is 3.43. The molecule has 3 N–H and O–H groups in total. The number of carboxylic acids is 1. The molecule has 0 spiro atoms. The molecule has 0 aliphatic rings. The van der Waals surface area contributed by atoms with Crippen LogP contribution in [0.25, 0.3) is 0 Å². The number of hydrogen-bond acceptors (Lipinski definition) is 3. The highest BCUT2D eigenvalue weighted by atomic mass is 16.4. The first-order chi connectivity index (χ1) is 8.32. The summed E-state index contributed by atoms with van der Waals surface area (Å²) in [5, 5.41) is 11.3. The molecule has 0 fully saturated rings. The minimum absolute atomic E-state index is 0.0147. The van der Waals surface area contributed by atoms with Gasteiger partial charge in [0.1, 0.15) is 5.56 Å². The Morgan fingerprint density at radius 1 is 1.44 bits per heavy atom. The summed E-state index contributed by atoms with van der Waals surface area (Å²) >= 11 is 0. The third-order valence-corrected chi connectivity index (χ3v) is 2.48. The minimum Gasteiger partial charge on any atom is -0.481 e. The van der Waals surface area contributed by atoms with Gasteiger partial charge in [0.15, 0.2) is 5.43 Å². The summed E-state index contributed by atoms with van der Waals surface area (Å²) in [5.74, 6) is -1.43. The summed E-state index contributed by atoms with van der Waals surface area (Å²) in [5.41, 5.74) is -1.04. The van der Waals surface area contributed by atoms with Gasteiger partial charge < -0.3 is 15.4 Å². The Kier molecular flexibility index (Phi) is 4.25. The second kappa shape index (κ2) is 5.48. The lowest BCUT2D eigenvalue weighted by Crippen LogP contribution is -2.45. The van der Waals surface area contributed by atoms with Gasteiger partial charge in [-0.05, 0) is 20.3 Å². The van der Waals surface area contributed by atoms with Crippen molar-refractivity contribution in [2.75, 3.05) is 0 Å². The average molecular weight is 252 g/mol. The van der Waals surface area contributed by atoms with Crippen molar-refractivity contribution in [2.45, 2.75) is 32.2 Å². The molecule has 1 aromatic rings. The maximum Gasteiger partial charge on any atom is 0.303 e. The van der Waals surface area contributed by atoms with Crippen LogP contribution in [0.1, 0.15) is 37.0 Å². The van der Waals surface area contributed by atoms with Crippen LogP contribution in [0.3, 0.4) is 0 Å². The predicted molar refractivity (Wildman–Crippen MR) is 65.5 cm³/mol. The monoisotopic (exact) mass is 252 g/mol. The van der Waals surface area contributed by atoms with Gasteiger partial charge in [0.2, 0.25) is 0 Å². The van der Waals surface area contributed by atoms with Crippen LogP contribution in [0.2, 0.25) is 0 Å². The Morgan fingerprint density at radius 2 is 2.11 bits per heavy atom. The lowest BCUT2D eigenvalue weighted by molar-refractivity contribution is -0.137. The first-order valence-electron chi connectivity index (χ1n) is 5.53. The second-order valence-electron chi connectivity index (χ2n) is 4.65. The number of hydrogen-bond donors (Lipinski definition) is 3. The third kappa shape index (κ3) is 4.04. The molecule has 0 atom stereocenters. The maximum absolute atomic E-state index is 11.8. The molecule has 1 amide bonds. The largest absolute Gasteiger partial charge is 0.481 e. The van der Waals surface area contributed by atoms with Gasteiger partial charge in [0.25, 0.3) is 5.91 Å². The summed E-state index contributed by atoms with van der Waals surface area (Å²) < 4.78 is 0. The molecule has 0 aromatic carbocycles. The van der Waals surface area contributed by atoms with E-state index in [1.54, 1.807) is 13.8 Å². The molecule has 0 saturated heterocycles. The van der Waals surface area contributed by atoms with Crippen molar-refractivity contribution in [2.24, 2.45) is 0 Å². The van der Waals surface area contributed by atoms with Gasteiger partial charge in [0, 0.05) is 30.4 Å². The van der Waals surface area contributed by atoms with E-state index in [1.807, 2.05) is 0 Å². The fourth-order valence-electron chi connectivity index (χ4n) is 1.45. The Morgan fingerprint density at radius 3 is 2.67 bits per heavy atom. The number of aromatic amines is 1. The fourth-order valence-corrected chi connectivity index (χ4v) is 1.45. The predicted octanol–water partition coefficient (Wildman–Crippen LogP) is 0.748. The van der Waals surface area contributed by atoms with Crippen LogP contribution in [0, 0.1) is 0 Å².